The van der Waals surface area contributed by atoms with Gasteiger partial charge in [0, 0.05) is 57.6 Å². The fourth-order valence-electron chi connectivity index (χ4n) is 3.76. The summed E-state index contributed by atoms with van der Waals surface area (Å²) in [6.45, 7) is 5.00. The molecule has 0 bridgehead atoms. The second-order valence-corrected chi connectivity index (χ2v) is 9.04. The number of hydrogen-bond donors (Lipinski definition) is 0. The Morgan fingerprint density at radius 3 is 2.59 bits per heavy atom. The molecule has 0 saturated carbocycles. The number of nitrogens with zero attached hydrogens (tertiary/aromatic N) is 4. The fourth-order valence-corrected chi connectivity index (χ4v) is 4.73. The van der Waals surface area contributed by atoms with Crippen molar-refractivity contribution in [3.05, 3.63) is 48.0 Å². The Morgan fingerprint density at radius 2 is 1.91 bits per heavy atom. The number of morpholine rings is 1. The molecule has 32 heavy (non-hydrogen) atoms. The maximum Gasteiger partial charge on any atom is 0.260 e. The van der Waals surface area contributed by atoms with Crippen LogP contribution in [0.1, 0.15) is 16.8 Å². The third kappa shape index (κ3) is 5.20. The zero-order chi connectivity index (χ0) is 22.5. The minimum Gasteiger partial charge on any atom is -0.497 e. The Balaban J connectivity index is 1.57. The van der Waals surface area contributed by atoms with Crippen molar-refractivity contribution in [1.29, 1.82) is 0 Å². The number of aromatic nitrogens is 1. The number of anilines is 2. The van der Waals surface area contributed by atoms with Gasteiger partial charge in [0.05, 0.1) is 30.5 Å². The van der Waals surface area contributed by atoms with Crippen LogP contribution >= 0.6 is 11.3 Å². The van der Waals surface area contributed by atoms with E-state index in [0.29, 0.717) is 12.1 Å². The van der Waals surface area contributed by atoms with E-state index in [1.54, 1.807) is 7.11 Å². The zero-order valence-corrected chi connectivity index (χ0v) is 19.7. The first-order valence-corrected chi connectivity index (χ1v) is 11.7. The topological polar surface area (TPSA) is 58.1 Å². The van der Waals surface area contributed by atoms with Gasteiger partial charge >= 0.3 is 0 Å². The molecule has 1 fully saturated rings. The summed E-state index contributed by atoms with van der Waals surface area (Å²) in [7, 11) is 5.63. The standard InChI is InChI=1S/C24H30N4O3S/c1-26(2)19-7-5-18(6-8-19)23(29)28(12-4-11-27-13-15-31-16-14-27)24-25-21-17-20(30-3)9-10-22(21)32-24/h5-10,17H,4,11-16H2,1-3H3. The lowest BCUT2D eigenvalue weighted by Crippen LogP contribution is -2.39. The van der Waals surface area contributed by atoms with Gasteiger partial charge in [0.15, 0.2) is 5.13 Å². The molecular formula is C24H30N4O3S. The molecular weight excluding hydrogens is 424 g/mol. The number of rotatable bonds is 8. The molecule has 2 aromatic carbocycles. The number of amides is 1. The maximum atomic E-state index is 13.5. The minimum absolute atomic E-state index is 0.0247. The highest BCUT2D eigenvalue weighted by atomic mass is 32.1. The van der Waals surface area contributed by atoms with Gasteiger partial charge < -0.3 is 14.4 Å². The summed E-state index contributed by atoms with van der Waals surface area (Å²) >= 11 is 1.54. The predicted molar refractivity (Wildman–Crippen MR) is 130 cm³/mol. The van der Waals surface area contributed by atoms with Crippen molar-refractivity contribution in [1.82, 2.24) is 9.88 Å². The molecule has 170 valence electrons. The maximum absolute atomic E-state index is 13.5. The lowest BCUT2D eigenvalue weighted by Gasteiger charge is -2.27. The summed E-state index contributed by atoms with van der Waals surface area (Å²) < 4.78 is 11.8. The summed E-state index contributed by atoms with van der Waals surface area (Å²) in [5, 5.41) is 0.719. The van der Waals surface area contributed by atoms with Crippen molar-refractivity contribution in [2.45, 2.75) is 6.42 Å². The highest BCUT2D eigenvalue weighted by Crippen LogP contribution is 2.32. The van der Waals surface area contributed by atoms with Gasteiger partial charge in [-0.05, 0) is 42.8 Å². The largest absolute Gasteiger partial charge is 0.497 e. The van der Waals surface area contributed by atoms with Crippen LogP contribution in [0.25, 0.3) is 10.2 Å². The van der Waals surface area contributed by atoms with Crippen LogP contribution in [-0.2, 0) is 4.74 Å². The van der Waals surface area contributed by atoms with Crippen LogP contribution in [0.5, 0.6) is 5.75 Å². The van der Waals surface area contributed by atoms with E-state index >= 15 is 0 Å². The third-order valence-electron chi connectivity index (χ3n) is 5.65. The van der Waals surface area contributed by atoms with Crippen LogP contribution in [0.2, 0.25) is 0 Å². The van der Waals surface area contributed by atoms with Crippen molar-refractivity contribution in [2.75, 3.05) is 70.4 Å². The first kappa shape index (κ1) is 22.5. The number of carbonyl (C=O) groups excluding carboxylic acids is 1. The predicted octanol–water partition coefficient (Wildman–Crippen LogP) is 3.74. The van der Waals surface area contributed by atoms with Crippen molar-refractivity contribution in [3.63, 3.8) is 0 Å². The molecule has 1 aliphatic heterocycles. The molecule has 3 aromatic rings. The molecule has 0 N–H and O–H groups in total. The van der Waals surface area contributed by atoms with Crippen LogP contribution in [0.4, 0.5) is 10.8 Å². The average molecular weight is 455 g/mol. The normalized spacial score (nSPS) is 14.5. The number of thiazole rings is 1. The highest BCUT2D eigenvalue weighted by molar-refractivity contribution is 7.22. The minimum atomic E-state index is -0.0247. The van der Waals surface area contributed by atoms with Crippen LogP contribution in [0, 0.1) is 0 Å². The Bertz CT molecular complexity index is 1050. The highest BCUT2D eigenvalue weighted by Gasteiger charge is 2.22. The molecule has 1 aliphatic rings. The van der Waals surface area contributed by atoms with Crippen molar-refractivity contribution >= 4 is 38.3 Å². The lowest BCUT2D eigenvalue weighted by atomic mass is 10.1. The number of ether oxygens (including phenoxy) is 2. The second-order valence-electron chi connectivity index (χ2n) is 8.04. The van der Waals surface area contributed by atoms with E-state index in [1.165, 1.54) is 11.3 Å². The van der Waals surface area contributed by atoms with Gasteiger partial charge in [-0.2, -0.15) is 0 Å². The SMILES string of the molecule is COc1ccc2sc(N(CCCN3CCOCC3)C(=O)c3ccc(N(C)C)cc3)nc2c1. The Kier molecular flexibility index (Phi) is 7.24. The first-order valence-electron chi connectivity index (χ1n) is 10.9. The van der Waals surface area contributed by atoms with Gasteiger partial charge in [-0.15, -0.1) is 0 Å². The number of hydrogen-bond acceptors (Lipinski definition) is 7. The number of methoxy groups -OCH3 is 1. The molecule has 0 spiro atoms. The number of fused-ring (bicyclic) bond motifs is 1. The van der Waals surface area contributed by atoms with Gasteiger partial charge in [-0.1, -0.05) is 11.3 Å². The van der Waals surface area contributed by atoms with E-state index in [0.717, 1.165) is 66.1 Å². The van der Waals surface area contributed by atoms with Crippen LogP contribution in [0.3, 0.4) is 0 Å². The molecule has 0 aliphatic carbocycles. The fraction of sp³-hybridized carbons (Fsp3) is 0.417. The first-order chi connectivity index (χ1) is 15.5. The summed E-state index contributed by atoms with van der Waals surface area (Å²) in [6, 6.07) is 13.6. The quantitative estimate of drug-likeness (QED) is 0.517. The lowest BCUT2D eigenvalue weighted by molar-refractivity contribution is 0.0376. The summed E-state index contributed by atoms with van der Waals surface area (Å²) in [4.78, 5) is 24.5. The summed E-state index contributed by atoms with van der Waals surface area (Å²) in [5.74, 6) is 0.738. The number of carbonyl (C=O) groups is 1. The van der Waals surface area contributed by atoms with E-state index in [4.69, 9.17) is 14.5 Å². The molecule has 0 unspecified atom stereocenters. The van der Waals surface area contributed by atoms with E-state index < -0.39 is 0 Å². The van der Waals surface area contributed by atoms with Crippen LogP contribution < -0.4 is 14.5 Å². The van der Waals surface area contributed by atoms with Crippen molar-refractivity contribution < 1.29 is 14.3 Å². The van der Waals surface area contributed by atoms with Crippen LogP contribution in [-0.4, -0.2) is 76.4 Å². The van der Waals surface area contributed by atoms with Gasteiger partial charge in [0.25, 0.3) is 5.91 Å². The Hall–Kier alpha value is -2.68. The van der Waals surface area contributed by atoms with Gasteiger partial charge in [0.2, 0.25) is 0 Å². The molecule has 1 amide bonds. The Morgan fingerprint density at radius 1 is 1.16 bits per heavy atom. The average Bonchev–Trinajstić information content (AvgIpc) is 3.25. The van der Waals surface area contributed by atoms with Crippen molar-refractivity contribution in [3.8, 4) is 5.75 Å². The van der Waals surface area contributed by atoms with Gasteiger partial charge in [0.1, 0.15) is 5.75 Å². The van der Waals surface area contributed by atoms with E-state index in [1.807, 2.05) is 66.4 Å². The van der Waals surface area contributed by atoms with E-state index in [-0.39, 0.29) is 5.91 Å². The molecule has 1 saturated heterocycles. The van der Waals surface area contributed by atoms with Gasteiger partial charge in [-0.3, -0.25) is 14.6 Å². The third-order valence-corrected chi connectivity index (χ3v) is 6.71. The second kappa shape index (κ2) is 10.3. The monoisotopic (exact) mass is 454 g/mol. The number of benzene rings is 2. The Labute approximate surface area is 193 Å². The smallest absolute Gasteiger partial charge is 0.260 e. The zero-order valence-electron chi connectivity index (χ0n) is 18.9. The van der Waals surface area contributed by atoms with Crippen LogP contribution in [0.15, 0.2) is 42.5 Å². The molecule has 8 heteroatoms. The molecule has 7 nitrogen and oxygen atoms in total. The molecule has 1 aromatic heterocycles. The van der Waals surface area contributed by atoms with E-state index in [9.17, 15) is 4.79 Å². The molecule has 0 atom stereocenters. The van der Waals surface area contributed by atoms with E-state index in [2.05, 4.69) is 4.90 Å². The molecule has 0 radical (unpaired) electrons. The van der Waals surface area contributed by atoms with Crippen molar-refractivity contribution in [2.24, 2.45) is 0 Å². The molecule has 4 rings (SSSR count). The summed E-state index contributed by atoms with van der Waals surface area (Å²) in [5.41, 5.74) is 2.57. The summed E-state index contributed by atoms with van der Waals surface area (Å²) in [6.07, 6.45) is 0.876. The molecule has 2 heterocycles. The van der Waals surface area contributed by atoms with Gasteiger partial charge in [-0.25, -0.2) is 4.98 Å².